The Hall–Kier alpha value is -1.87. The van der Waals surface area contributed by atoms with E-state index in [-0.39, 0.29) is 0 Å². The molecular formula is C18H22N2O. The molecule has 3 rings (SSSR count). The molecule has 0 saturated heterocycles. The smallest absolute Gasteiger partial charge is 0.219 e. The molecule has 0 atom stereocenters. The summed E-state index contributed by atoms with van der Waals surface area (Å²) in [5, 5.41) is 0. The highest BCUT2D eigenvalue weighted by Crippen LogP contribution is 2.28. The maximum absolute atomic E-state index is 5.96. The Morgan fingerprint density at radius 3 is 2.67 bits per heavy atom. The largest absolute Gasteiger partial charge is 0.439 e. The number of aromatic nitrogens is 1. The van der Waals surface area contributed by atoms with Gasteiger partial charge < -0.3 is 10.5 Å². The summed E-state index contributed by atoms with van der Waals surface area (Å²) in [6, 6.07) is 10.4. The molecule has 0 saturated carbocycles. The number of aryl methyl sites for hydroxylation is 3. The van der Waals surface area contributed by atoms with Crippen molar-refractivity contribution in [2.45, 2.75) is 45.6 Å². The second-order valence-electron chi connectivity index (χ2n) is 5.60. The molecule has 0 unspecified atom stereocenters. The van der Waals surface area contributed by atoms with Gasteiger partial charge in [0.2, 0.25) is 5.88 Å². The summed E-state index contributed by atoms with van der Waals surface area (Å²) >= 11 is 0. The summed E-state index contributed by atoms with van der Waals surface area (Å²) in [6.07, 6.45) is 5.80. The number of hydrogen-bond donors (Lipinski definition) is 1. The van der Waals surface area contributed by atoms with Gasteiger partial charge in [-0.3, -0.25) is 0 Å². The lowest BCUT2D eigenvalue weighted by molar-refractivity contribution is 0.458. The van der Waals surface area contributed by atoms with Gasteiger partial charge in [-0.1, -0.05) is 13.0 Å². The highest BCUT2D eigenvalue weighted by atomic mass is 16.5. The minimum Gasteiger partial charge on any atom is -0.439 e. The predicted molar refractivity (Wildman–Crippen MR) is 84.7 cm³/mol. The van der Waals surface area contributed by atoms with Crippen LogP contribution in [0, 0.1) is 0 Å². The van der Waals surface area contributed by atoms with Crippen LogP contribution < -0.4 is 10.5 Å². The van der Waals surface area contributed by atoms with E-state index in [0.717, 1.165) is 29.8 Å². The third-order valence-electron chi connectivity index (χ3n) is 4.05. The van der Waals surface area contributed by atoms with Crippen LogP contribution in [0.4, 0.5) is 0 Å². The first-order chi connectivity index (χ1) is 10.3. The van der Waals surface area contributed by atoms with Crippen molar-refractivity contribution < 1.29 is 4.74 Å². The van der Waals surface area contributed by atoms with Gasteiger partial charge in [0.1, 0.15) is 5.75 Å². The molecule has 0 spiro atoms. The van der Waals surface area contributed by atoms with Crippen LogP contribution >= 0.6 is 0 Å². The molecule has 0 bridgehead atoms. The fourth-order valence-corrected chi connectivity index (χ4v) is 2.87. The maximum atomic E-state index is 5.96. The summed E-state index contributed by atoms with van der Waals surface area (Å²) in [5.74, 6) is 1.52. The lowest BCUT2D eigenvalue weighted by Crippen LogP contribution is -2.03. The molecule has 110 valence electrons. The molecule has 1 aromatic carbocycles. The Bertz CT molecular complexity index is 615. The third-order valence-corrected chi connectivity index (χ3v) is 4.05. The Morgan fingerprint density at radius 1 is 1.10 bits per heavy atom. The van der Waals surface area contributed by atoms with Gasteiger partial charge in [-0.15, -0.1) is 0 Å². The number of hydrogen-bond acceptors (Lipinski definition) is 3. The molecule has 1 aliphatic rings. The van der Waals surface area contributed by atoms with Crippen LogP contribution in [-0.2, 0) is 25.8 Å². The van der Waals surface area contributed by atoms with Crippen LogP contribution in [0.1, 0.15) is 42.1 Å². The second-order valence-corrected chi connectivity index (χ2v) is 5.60. The van der Waals surface area contributed by atoms with Crippen molar-refractivity contribution in [2.75, 3.05) is 0 Å². The Labute approximate surface area is 126 Å². The van der Waals surface area contributed by atoms with E-state index in [2.05, 4.69) is 24.0 Å². The highest BCUT2D eigenvalue weighted by Gasteiger charge is 2.11. The van der Waals surface area contributed by atoms with Crippen molar-refractivity contribution in [1.29, 1.82) is 0 Å². The van der Waals surface area contributed by atoms with Gasteiger partial charge in [-0.25, -0.2) is 4.98 Å². The molecule has 0 fully saturated rings. The number of pyridine rings is 1. The molecule has 2 aromatic rings. The van der Waals surface area contributed by atoms with Crippen LogP contribution in [0.5, 0.6) is 11.6 Å². The molecular weight excluding hydrogens is 260 g/mol. The lowest BCUT2D eigenvalue weighted by atomic mass is 9.92. The Balaban J connectivity index is 1.86. The minimum atomic E-state index is 0.510. The van der Waals surface area contributed by atoms with Gasteiger partial charge in [-0.2, -0.15) is 0 Å². The standard InChI is InChI=1S/C18H22N2O/c1-2-16-9-13(12-19)10-18(20-16)21-17-8-7-14-5-3-4-6-15(14)11-17/h7-11H,2-6,12,19H2,1H3. The zero-order valence-corrected chi connectivity index (χ0v) is 12.6. The molecule has 0 amide bonds. The molecule has 0 aliphatic heterocycles. The number of fused-ring (bicyclic) bond motifs is 1. The van der Waals surface area contributed by atoms with Gasteiger partial charge in [0, 0.05) is 18.3 Å². The first kappa shape index (κ1) is 14.1. The zero-order valence-electron chi connectivity index (χ0n) is 12.6. The first-order valence-electron chi connectivity index (χ1n) is 7.78. The van der Waals surface area contributed by atoms with Crippen molar-refractivity contribution in [2.24, 2.45) is 5.73 Å². The number of nitrogens with two attached hydrogens (primary N) is 1. The van der Waals surface area contributed by atoms with E-state index < -0.39 is 0 Å². The number of benzene rings is 1. The van der Waals surface area contributed by atoms with E-state index in [1.54, 1.807) is 0 Å². The lowest BCUT2D eigenvalue weighted by Gasteiger charge is -2.16. The average molecular weight is 282 g/mol. The monoisotopic (exact) mass is 282 g/mol. The molecule has 21 heavy (non-hydrogen) atoms. The SMILES string of the molecule is CCc1cc(CN)cc(Oc2ccc3c(c2)CCCC3)n1. The molecule has 3 nitrogen and oxygen atoms in total. The summed E-state index contributed by atoms with van der Waals surface area (Å²) in [7, 11) is 0. The van der Waals surface area contributed by atoms with E-state index in [1.165, 1.54) is 30.4 Å². The van der Waals surface area contributed by atoms with Gasteiger partial charge >= 0.3 is 0 Å². The van der Waals surface area contributed by atoms with E-state index in [1.807, 2.05) is 18.2 Å². The highest BCUT2D eigenvalue weighted by molar-refractivity contribution is 5.39. The Kier molecular flexibility index (Phi) is 4.20. The topological polar surface area (TPSA) is 48.1 Å². The fraction of sp³-hybridized carbons (Fsp3) is 0.389. The zero-order chi connectivity index (χ0) is 14.7. The van der Waals surface area contributed by atoms with Crippen molar-refractivity contribution in [3.8, 4) is 11.6 Å². The summed E-state index contributed by atoms with van der Waals surface area (Å²) in [5.41, 5.74) is 10.7. The predicted octanol–water partition coefficient (Wildman–Crippen LogP) is 3.77. The molecule has 2 N–H and O–H groups in total. The average Bonchev–Trinajstić information content (AvgIpc) is 2.54. The van der Waals surface area contributed by atoms with Gasteiger partial charge in [0.15, 0.2) is 0 Å². The van der Waals surface area contributed by atoms with E-state index >= 15 is 0 Å². The van der Waals surface area contributed by atoms with E-state index in [9.17, 15) is 0 Å². The Morgan fingerprint density at radius 2 is 1.90 bits per heavy atom. The van der Waals surface area contributed by atoms with Crippen LogP contribution in [0.15, 0.2) is 30.3 Å². The van der Waals surface area contributed by atoms with Crippen molar-refractivity contribution in [1.82, 2.24) is 4.98 Å². The van der Waals surface area contributed by atoms with Crippen molar-refractivity contribution >= 4 is 0 Å². The third kappa shape index (κ3) is 3.24. The van der Waals surface area contributed by atoms with E-state index in [4.69, 9.17) is 10.5 Å². The van der Waals surface area contributed by atoms with Gasteiger partial charge in [0.05, 0.1) is 0 Å². The molecule has 3 heteroatoms. The minimum absolute atomic E-state index is 0.510. The molecule has 0 radical (unpaired) electrons. The van der Waals surface area contributed by atoms with Crippen LogP contribution in [0.2, 0.25) is 0 Å². The number of ether oxygens (including phenoxy) is 1. The molecule has 1 aliphatic carbocycles. The quantitative estimate of drug-likeness (QED) is 0.928. The summed E-state index contributed by atoms with van der Waals surface area (Å²) < 4.78 is 5.96. The molecule has 1 aromatic heterocycles. The maximum Gasteiger partial charge on any atom is 0.219 e. The number of nitrogens with zero attached hydrogens (tertiary/aromatic N) is 1. The van der Waals surface area contributed by atoms with Crippen molar-refractivity contribution in [3.63, 3.8) is 0 Å². The van der Waals surface area contributed by atoms with Crippen LogP contribution in [-0.4, -0.2) is 4.98 Å². The van der Waals surface area contributed by atoms with Gasteiger partial charge in [0.25, 0.3) is 0 Å². The summed E-state index contributed by atoms with van der Waals surface area (Å²) in [6.45, 7) is 2.60. The van der Waals surface area contributed by atoms with Crippen molar-refractivity contribution in [3.05, 3.63) is 52.7 Å². The van der Waals surface area contributed by atoms with E-state index in [0.29, 0.717) is 12.4 Å². The normalized spacial score (nSPS) is 13.8. The van der Waals surface area contributed by atoms with Crippen LogP contribution in [0.25, 0.3) is 0 Å². The van der Waals surface area contributed by atoms with Gasteiger partial charge in [-0.05, 0) is 67.0 Å². The van der Waals surface area contributed by atoms with Crippen LogP contribution in [0.3, 0.4) is 0 Å². The second kappa shape index (κ2) is 6.27. The fourth-order valence-electron chi connectivity index (χ4n) is 2.87. The number of rotatable bonds is 4. The molecule has 1 heterocycles. The first-order valence-corrected chi connectivity index (χ1v) is 7.78. The summed E-state index contributed by atoms with van der Waals surface area (Å²) in [4.78, 5) is 4.53.